The van der Waals surface area contributed by atoms with Gasteiger partial charge < -0.3 is 0 Å². The fourth-order valence-electron chi connectivity index (χ4n) is 1.85. The van der Waals surface area contributed by atoms with Gasteiger partial charge in [-0.1, -0.05) is 46.3 Å². The Morgan fingerprint density at radius 3 is 2.92 bits per heavy atom. The maximum atomic E-state index is 3.47. The molecule has 0 spiro atoms. The van der Waals surface area contributed by atoms with Crippen molar-refractivity contribution >= 4 is 21.5 Å². The summed E-state index contributed by atoms with van der Waals surface area (Å²) in [6.45, 7) is 0. The standard InChI is InChI=1S/C12H13Br/c13-9-3-5-11-8-7-10-4-1-2-6-12(10)11/h1-2,4,6,8H,3,5,7,9H2. The molecule has 1 aliphatic rings. The lowest BCUT2D eigenvalue weighted by Gasteiger charge is -2.03. The number of rotatable bonds is 3. The predicted molar refractivity (Wildman–Crippen MR) is 61.2 cm³/mol. The van der Waals surface area contributed by atoms with Gasteiger partial charge in [-0.05, 0) is 36.0 Å². The Morgan fingerprint density at radius 1 is 1.23 bits per heavy atom. The van der Waals surface area contributed by atoms with Crippen LogP contribution in [0.25, 0.3) is 5.57 Å². The SMILES string of the molecule is BrCCCC1=CCc2ccccc21. The third-order valence-electron chi connectivity index (χ3n) is 2.51. The summed E-state index contributed by atoms with van der Waals surface area (Å²) in [5, 5.41) is 1.10. The van der Waals surface area contributed by atoms with E-state index in [-0.39, 0.29) is 0 Å². The summed E-state index contributed by atoms with van der Waals surface area (Å²) in [5.74, 6) is 0. The summed E-state index contributed by atoms with van der Waals surface area (Å²) in [6.07, 6.45) is 5.95. The normalized spacial score (nSPS) is 14.1. The highest BCUT2D eigenvalue weighted by Gasteiger charge is 2.11. The van der Waals surface area contributed by atoms with Crippen LogP contribution in [-0.2, 0) is 6.42 Å². The molecule has 0 amide bonds. The number of benzene rings is 1. The van der Waals surface area contributed by atoms with Crippen LogP contribution in [0.1, 0.15) is 24.0 Å². The van der Waals surface area contributed by atoms with Gasteiger partial charge in [-0.3, -0.25) is 0 Å². The zero-order valence-corrected chi connectivity index (χ0v) is 9.18. The van der Waals surface area contributed by atoms with Gasteiger partial charge in [0.2, 0.25) is 0 Å². The van der Waals surface area contributed by atoms with E-state index in [1.807, 2.05) is 0 Å². The Kier molecular flexibility index (Phi) is 2.84. The van der Waals surface area contributed by atoms with Crippen molar-refractivity contribution < 1.29 is 0 Å². The fourth-order valence-corrected chi connectivity index (χ4v) is 2.13. The molecule has 0 saturated heterocycles. The lowest BCUT2D eigenvalue weighted by atomic mass is 10.0. The summed E-state index contributed by atoms with van der Waals surface area (Å²) in [4.78, 5) is 0. The molecule has 0 fully saturated rings. The van der Waals surface area contributed by atoms with Gasteiger partial charge in [0, 0.05) is 5.33 Å². The first-order valence-corrected chi connectivity index (χ1v) is 5.87. The maximum Gasteiger partial charge on any atom is 0.00344 e. The summed E-state index contributed by atoms with van der Waals surface area (Å²) in [7, 11) is 0. The van der Waals surface area contributed by atoms with Gasteiger partial charge in [-0.15, -0.1) is 0 Å². The van der Waals surface area contributed by atoms with Crippen LogP contribution in [-0.4, -0.2) is 5.33 Å². The molecule has 0 saturated carbocycles. The lowest BCUT2D eigenvalue weighted by Crippen LogP contribution is -1.84. The summed E-state index contributed by atoms with van der Waals surface area (Å²) >= 11 is 3.47. The Balaban J connectivity index is 2.16. The zero-order chi connectivity index (χ0) is 9.10. The topological polar surface area (TPSA) is 0 Å². The monoisotopic (exact) mass is 236 g/mol. The Bertz CT molecular complexity index is 326. The molecular formula is C12H13Br. The highest BCUT2D eigenvalue weighted by atomic mass is 79.9. The smallest absolute Gasteiger partial charge is 0.00344 e. The van der Waals surface area contributed by atoms with Crippen molar-refractivity contribution in [2.45, 2.75) is 19.3 Å². The fraction of sp³-hybridized carbons (Fsp3) is 0.333. The van der Waals surface area contributed by atoms with Crippen LogP contribution >= 0.6 is 15.9 Å². The van der Waals surface area contributed by atoms with E-state index in [4.69, 9.17) is 0 Å². The number of hydrogen-bond acceptors (Lipinski definition) is 0. The van der Waals surface area contributed by atoms with E-state index >= 15 is 0 Å². The molecule has 68 valence electrons. The largest absolute Gasteiger partial charge is 0.0928 e. The summed E-state index contributed by atoms with van der Waals surface area (Å²) < 4.78 is 0. The molecule has 0 nitrogen and oxygen atoms in total. The first kappa shape index (κ1) is 9.01. The molecule has 13 heavy (non-hydrogen) atoms. The minimum Gasteiger partial charge on any atom is -0.0928 e. The third kappa shape index (κ3) is 1.86. The highest BCUT2D eigenvalue weighted by molar-refractivity contribution is 9.09. The van der Waals surface area contributed by atoms with Crippen LogP contribution in [0.5, 0.6) is 0 Å². The quantitative estimate of drug-likeness (QED) is 0.701. The van der Waals surface area contributed by atoms with Gasteiger partial charge in [-0.2, -0.15) is 0 Å². The van der Waals surface area contributed by atoms with Gasteiger partial charge in [0.15, 0.2) is 0 Å². The number of hydrogen-bond donors (Lipinski definition) is 0. The maximum absolute atomic E-state index is 3.47. The van der Waals surface area contributed by atoms with Gasteiger partial charge in [0.1, 0.15) is 0 Å². The molecule has 0 bridgehead atoms. The van der Waals surface area contributed by atoms with Crippen LogP contribution in [0.4, 0.5) is 0 Å². The lowest BCUT2D eigenvalue weighted by molar-refractivity contribution is 0.996. The second-order valence-corrected chi connectivity index (χ2v) is 4.18. The Hall–Kier alpha value is -0.560. The first-order valence-electron chi connectivity index (χ1n) is 4.75. The molecule has 1 aromatic carbocycles. The zero-order valence-electron chi connectivity index (χ0n) is 7.59. The second kappa shape index (κ2) is 4.10. The Labute approximate surface area is 87.8 Å². The molecule has 1 aromatic rings. The van der Waals surface area contributed by atoms with E-state index in [1.54, 1.807) is 0 Å². The van der Waals surface area contributed by atoms with Gasteiger partial charge in [-0.25, -0.2) is 0 Å². The molecule has 2 rings (SSSR count). The van der Waals surface area contributed by atoms with Gasteiger partial charge >= 0.3 is 0 Å². The van der Waals surface area contributed by atoms with Crippen molar-refractivity contribution in [2.24, 2.45) is 0 Å². The number of fused-ring (bicyclic) bond motifs is 1. The molecule has 1 aliphatic carbocycles. The van der Waals surface area contributed by atoms with E-state index in [2.05, 4.69) is 46.3 Å². The molecule has 1 heteroatoms. The average molecular weight is 237 g/mol. The second-order valence-electron chi connectivity index (χ2n) is 3.38. The van der Waals surface area contributed by atoms with Crippen molar-refractivity contribution in [1.82, 2.24) is 0 Å². The van der Waals surface area contributed by atoms with E-state index in [0.29, 0.717) is 0 Å². The van der Waals surface area contributed by atoms with Crippen molar-refractivity contribution in [3.05, 3.63) is 41.5 Å². The minimum atomic E-state index is 1.10. The predicted octanol–water partition coefficient (Wildman–Crippen LogP) is 3.80. The van der Waals surface area contributed by atoms with E-state index in [1.165, 1.54) is 29.5 Å². The molecule has 0 aromatic heterocycles. The molecule has 0 unspecified atom stereocenters. The Morgan fingerprint density at radius 2 is 2.08 bits per heavy atom. The van der Waals surface area contributed by atoms with E-state index in [9.17, 15) is 0 Å². The number of allylic oxidation sites excluding steroid dienone is 2. The van der Waals surface area contributed by atoms with Gasteiger partial charge in [0.25, 0.3) is 0 Å². The number of halogens is 1. The van der Waals surface area contributed by atoms with Crippen molar-refractivity contribution in [2.75, 3.05) is 5.33 Å². The van der Waals surface area contributed by atoms with Crippen LogP contribution in [0.2, 0.25) is 0 Å². The molecule has 0 aliphatic heterocycles. The van der Waals surface area contributed by atoms with E-state index in [0.717, 1.165) is 11.8 Å². The van der Waals surface area contributed by atoms with E-state index < -0.39 is 0 Å². The minimum absolute atomic E-state index is 1.10. The first-order chi connectivity index (χ1) is 6.42. The highest BCUT2D eigenvalue weighted by Crippen LogP contribution is 2.30. The summed E-state index contributed by atoms with van der Waals surface area (Å²) in [5.41, 5.74) is 4.51. The van der Waals surface area contributed by atoms with Crippen molar-refractivity contribution in [1.29, 1.82) is 0 Å². The molecule has 0 heterocycles. The number of alkyl halides is 1. The molecule has 0 radical (unpaired) electrons. The van der Waals surface area contributed by atoms with Crippen LogP contribution < -0.4 is 0 Å². The van der Waals surface area contributed by atoms with Crippen molar-refractivity contribution in [3.63, 3.8) is 0 Å². The van der Waals surface area contributed by atoms with Gasteiger partial charge in [0.05, 0.1) is 0 Å². The molecular weight excluding hydrogens is 224 g/mol. The van der Waals surface area contributed by atoms with Crippen LogP contribution in [0.3, 0.4) is 0 Å². The summed E-state index contributed by atoms with van der Waals surface area (Å²) in [6, 6.07) is 8.72. The molecule has 0 N–H and O–H groups in total. The third-order valence-corrected chi connectivity index (χ3v) is 3.07. The van der Waals surface area contributed by atoms with Crippen molar-refractivity contribution in [3.8, 4) is 0 Å². The molecule has 0 atom stereocenters. The average Bonchev–Trinajstić information content (AvgIpc) is 2.58. The van der Waals surface area contributed by atoms with Crippen LogP contribution in [0, 0.1) is 0 Å². The van der Waals surface area contributed by atoms with Crippen LogP contribution in [0.15, 0.2) is 30.3 Å².